The summed E-state index contributed by atoms with van der Waals surface area (Å²) in [5.41, 5.74) is 0.355. The maximum absolute atomic E-state index is 11.9. The van der Waals surface area contributed by atoms with Gasteiger partial charge in [-0.2, -0.15) is 5.26 Å². The van der Waals surface area contributed by atoms with E-state index in [1.807, 2.05) is 6.07 Å². The number of carbonyl (C=O) groups is 1. The van der Waals surface area contributed by atoms with Crippen LogP contribution in [0.2, 0.25) is 5.02 Å². The van der Waals surface area contributed by atoms with Crippen LogP contribution in [0, 0.1) is 11.3 Å². The van der Waals surface area contributed by atoms with Gasteiger partial charge >= 0.3 is 0 Å². The molecule has 1 heterocycles. The van der Waals surface area contributed by atoms with E-state index in [1.165, 1.54) is 30.6 Å². The SMILES string of the molecule is N#Cc1ccc(NC(=O)c2c[nH]ccc2=O)cc1Cl. The van der Waals surface area contributed by atoms with Crippen molar-refractivity contribution in [3.8, 4) is 6.07 Å². The predicted molar refractivity (Wildman–Crippen MR) is 71.2 cm³/mol. The van der Waals surface area contributed by atoms with Gasteiger partial charge in [-0.25, -0.2) is 0 Å². The average molecular weight is 274 g/mol. The number of nitriles is 1. The van der Waals surface area contributed by atoms with E-state index in [4.69, 9.17) is 16.9 Å². The van der Waals surface area contributed by atoms with Crippen molar-refractivity contribution in [3.05, 3.63) is 63.0 Å². The number of pyridine rings is 1. The van der Waals surface area contributed by atoms with E-state index < -0.39 is 5.91 Å². The molecule has 0 aliphatic carbocycles. The number of carbonyl (C=O) groups excluding carboxylic acids is 1. The van der Waals surface area contributed by atoms with Crippen LogP contribution in [0.15, 0.2) is 41.5 Å². The molecule has 0 bridgehead atoms. The number of nitrogens with zero attached hydrogens (tertiary/aromatic N) is 1. The zero-order chi connectivity index (χ0) is 13.8. The van der Waals surface area contributed by atoms with Gasteiger partial charge in [-0.15, -0.1) is 0 Å². The fourth-order valence-corrected chi connectivity index (χ4v) is 1.70. The molecule has 0 fully saturated rings. The van der Waals surface area contributed by atoms with Gasteiger partial charge in [0, 0.05) is 24.1 Å². The van der Waals surface area contributed by atoms with Gasteiger partial charge in [-0.05, 0) is 18.2 Å². The molecular formula is C13H8ClN3O2. The van der Waals surface area contributed by atoms with Crippen molar-refractivity contribution in [2.24, 2.45) is 0 Å². The normalized spacial score (nSPS) is 9.68. The Kier molecular flexibility index (Phi) is 3.64. The summed E-state index contributed by atoms with van der Waals surface area (Å²) < 4.78 is 0. The highest BCUT2D eigenvalue weighted by Gasteiger charge is 2.10. The van der Waals surface area contributed by atoms with E-state index in [2.05, 4.69) is 10.3 Å². The number of anilines is 1. The van der Waals surface area contributed by atoms with Crippen LogP contribution in [0.3, 0.4) is 0 Å². The van der Waals surface area contributed by atoms with Crippen molar-refractivity contribution in [3.63, 3.8) is 0 Å². The molecule has 94 valence electrons. The Morgan fingerprint density at radius 1 is 1.37 bits per heavy atom. The number of hydrogen-bond donors (Lipinski definition) is 2. The minimum absolute atomic E-state index is 0.00276. The van der Waals surface area contributed by atoms with Crippen LogP contribution in [0.25, 0.3) is 0 Å². The minimum atomic E-state index is -0.539. The summed E-state index contributed by atoms with van der Waals surface area (Å²) in [6.45, 7) is 0. The second-order valence-corrected chi connectivity index (χ2v) is 4.09. The van der Waals surface area contributed by atoms with Crippen LogP contribution < -0.4 is 10.7 Å². The lowest BCUT2D eigenvalue weighted by Crippen LogP contribution is -2.20. The van der Waals surface area contributed by atoms with Gasteiger partial charge in [0.05, 0.1) is 10.6 Å². The van der Waals surface area contributed by atoms with E-state index >= 15 is 0 Å². The second-order valence-electron chi connectivity index (χ2n) is 3.68. The standard InChI is InChI=1S/C13H8ClN3O2/c14-11-5-9(2-1-8(11)6-15)17-13(19)10-7-16-4-3-12(10)18/h1-5,7H,(H,16,18)(H,17,19). The monoisotopic (exact) mass is 273 g/mol. The Labute approximate surface area is 113 Å². The van der Waals surface area contributed by atoms with Crippen molar-refractivity contribution < 1.29 is 4.79 Å². The number of aromatic nitrogens is 1. The lowest BCUT2D eigenvalue weighted by molar-refractivity contribution is 0.102. The Balaban J connectivity index is 2.25. The van der Waals surface area contributed by atoms with Gasteiger partial charge in [0.25, 0.3) is 5.91 Å². The van der Waals surface area contributed by atoms with Gasteiger partial charge < -0.3 is 10.3 Å². The van der Waals surface area contributed by atoms with Gasteiger partial charge in [0.1, 0.15) is 11.6 Å². The third-order valence-electron chi connectivity index (χ3n) is 2.42. The Morgan fingerprint density at radius 3 is 2.79 bits per heavy atom. The van der Waals surface area contributed by atoms with Crippen molar-refractivity contribution in [1.29, 1.82) is 5.26 Å². The number of nitrogens with one attached hydrogen (secondary N) is 2. The van der Waals surface area contributed by atoms with E-state index in [-0.39, 0.29) is 16.0 Å². The summed E-state index contributed by atoms with van der Waals surface area (Å²) in [5.74, 6) is -0.539. The predicted octanol–water partition coefficient (Wildman–Crippen LogP) is 2.15. The molecule has 0 atom stereocenters. The molecule has 19 heavy (non-hydrogen) atoms. The number of amides is 1. The Morgan fingerprint density at radius 2 is 2.16 bits per heavy atom. The maximum Gasteiger partial charge on any atom is 0.261 e. The number of H-pyrrole nitrogens is 1. The molecule has 0 unspecified atom stereocenters. The Bertz CT molecular complexity index is 731. The number of aromatic amines is 1. The van der Waals surface area contributed by atoms with Crippen molar-refractivity contribution in [1.82, 2.24) is 4.98 Å². The summed E-state index contributed by atoms with van der Waals surface area (Å²) in [6, 6.07) is 7.67. The third kappa shape index (κ3) is 2.81. The van der Waals surface area contributed by atoms with E-state index in [0.717, 1.165) is 0 Å². The topological polar surface area (TPSA) is 85.8 Å². The first kappa shape index (κ1) is 12.9. The fourth-order valence-electron chi connectivity index (χ4n) is 1.48. The third-order valence-corrected chi connectivity index (χ3v) is 2.73. The van der Waals surface area contributed by atoms with Gasteiger partial charge in [0.2, 0.25) is 0 Å². The largest absolute Gasteiger partial charge is 0.367 e. The summed E-state index contributed by atoms with van der Waals surface area (Å²) >= 11 is 5.85. The highest BCUT2D eigenvalue weighted by atomic mass is 35.5. The zero-order valence-corrected chi connectivity index (χ0v) is 10.4. The number of hydrogen-bond acceptors (Lipinski definition) is 3. The highest BCUT2D eigenvalue weighted by Crippen LogP contribution is 2.20. The lowest BCUT2D eigenvalue weighted by Gasteiger charge is -2.05. The Hall–Kier alpha value is -2.58. The molecule has 1 amide bonds. The maximum atomic E-state index is 11.9. The van der Waals surface area contributed by atoms with Crippen molar-refractivity contribution >= 4 is 23.2 Å². The van der Waals surface area contributed by atoms with Gasteiger partial charge in [0.15, 0.2) is 5.43 Å². The average Bonchev–Trinajstić information content (AvgIpc) is 2.39. The first-order valence-electron chi connectivity index (χ1n) is 5.30. The van der Waals surface area contributed by atoms with Crippen LogP contribution in [0.4, 0.5) is 5.69 Å². The molecule has 2 rings (SSSR count). The number of halogens is 1. The first-order chi connectivity index (χ1) is 9.11. The summed E-state index contributed by atoms with van der Waals surface area (Å²) in [6.07, 6.45) is 2.76. The molecule has 0 radical (unpaired) electrons. The molecule has 0 saturated carbocycles. The molecule has 0 aliphatic heterocycles. The fraction of sp³-hybridized carbons (Fsp3) is 0. The van der Waals surface area contributed by atoms with Crippen LogP contribution in [0.5, 0.6) is 0 Å². The first-order valence-corrected chi connectivity index (χ1v) is 5.67. The zero-order valence-electron chi connectivity index (χ0n) is 9.61. The summed E-state index contributed by atoms with van der Waals surface area (Å²) in [7, 11) is 0. The highest BCUT2D eigenvalue weighted by molar-refractivity contribution is 6.32. The summed E-state index contributed by atoms with van der Waals surface area (Å²) in [4.78, 5) is 26.0. The van der Waals surface area contributed by atoms with Crippen LogP contribution in [-0.2, 0) is 0 Å². The molecule has 0 aliphatic rings. The molecule has 1 aromatic heterocycles. The van der Waals surface area contributed by atoms with Gasteiger partial charge in [-0.3, -0.25) is 9.59 Å². The van der Waals surface area contributed by atoms with Crippen molar-refractivity contribution in [2.75, 3.05) is 5.32 Å². The smallest absolute Gasteiger partial charge is 0.261 e. The van der Waals surface area contributed by atoms with Crippen molar-refractivity contribution in [2.45, 2.75) is 0 Å². The molecule has 5 nitrogen and oxygen atoms in total. The number of rotatable bonds is 2. The molecule has 1 aromatic carbocycles. The van der Waals surface area contributed by atoms with Crippen LogP contribution in [0.1, 0.15) is 15.9 Å². The molecule has 0 spiro atoms. The van der Waals surface area contributed by atoms with Gasteiger partial charge in [-0.1, -0.05) is 11.6 Å². The number of benzene rings is 1. The van der Waals surface area contributed by atoms with E-state index in [1.54, 1.807) is 6.07 Å². The van der Waals surface area contributed by atoms with Crippen LogP contribution >= 0.6 is 11.6 Å². The lowest BCUT2D eigenvalue weighted by atomic mass is 10.2. The second kappa shape index (κ2) is 5.38. The molecule has 2 N–H and O–H groups in total. The minimum Gasteiger partial charge on any atom is -0.367 e. The molecule has 0 saturated heterocycles. The summed E-state index contributed by atoms with van der Waals surface area (Å²) in [5, 5.41) is 11.5. The molecule has 2 aromatic rings. The molecule has 6 heteroatoms. The van der Waals surface area contributed by atoms with E-state index in [0.29, 0.717) is 11.3 Å². The van der Waals surface area contributed by atoms with Crippen LogP contribution in [-0.4, -0.2) is 10.9 Å². The molecular weight excluding hydrogens is 266 g/mol. The quantitative estimate of drug-likeness (QED) is 0.879. The van der Waals surface area contributed by atoms with E-state index in [9.17, 15) is 9.59 Å².